The summed E-state index contributed by atoms with van der Waals surface area (Å²) in [5.41, 5.74) is -15.2. The minimum Gasteiger partial charge on any atom is -0.766 e. The average Bonchev–Trinajstić information content (AvgIpc) is 2.14. The summed E-state index contributed by atoms with van der Waals surface area (Å²) in [7, 11) is 0. The molecule has 0 radical (unpaired) electrons. The van der Waals surface area contributed by atoms with Crippen LogP contribution in [-0.4, -0.2) is 42.8 Å². The van der Waals surface area contributed by atoms with E-state index in [1.807, 2.05) is 0 Å². The molecule has 0 aliphatic rings. The normalized spacial score (nSPS) is 15.8. The summed E-state index contributed by atoms with van der Waals surface area (Å²) < 4.78 is 148. The Hall–Kier alpha value is 0.804. The molecule has 3 atom stereocenters. The van der Waals surface area contributed by atoms with Gasteiger partial charge in [-0.2, -0.15) is 39.5 Å². The molecule has 0 spiro atoms. The molecule has 0 N–H and O–H groups in total. The van der Waals surface area contributed by atoms with E-state index in [2.05, 4.69) is 0 Å². The first kappa shape index (κ1) is 30.7. The van der Waals surface area contributed by atoms with Crippen molar-refractivity contribution in [3.05, 3.63) is 0 Å². The van der Waals surface area contributed by atoms with Crippen molar-refractivity contribution in [1.82, 2.24) is 0 Å². The SMILES string of the molecule is O=S([O-])C(F)(F)F.O=S([O-])C(F)(F)F.O=S([O-])C(F)(F)F.[Y+3]. The molecule has 0 bridgehead atoms. The van der Waals surface area contributed by atoms with E-state index in [0.29, 0.717) is 0 Å². The van der Waals surface area contributed by atoms with Crippen molar-refractivity contribution in [3.63, 3.8) is 0 Å². The Morgan fingerprint density at radius 3 is 0.545 bits per heavy atom. The zero-order valence-electron chi connectivity index (χ0n) is 9.15. The van der Waals surface area contributed by atoms with Crippen molar-refractivity contribution in [2.45, 2.75) is 16.5 Å². The van der Waals surface area contributed by atoms with Gasteiger partial charge in [-0.25, -0.2) is 0 Å². The van der Waals surface area contributed by atoms with Gasteiger partial charge in [0.25, 0.3) is 0 Å². The number of hydrogen-bond donors (Lipinski definition) is 0. The Labute approximate surface area is 147 Å². The number of alkyl halides is 9. The van der Waals surface area contributed by atoms with E-state index < -0.39 is 49.8 Å². The van der Waals surface area contributed by atoms with Crippen molar-refractivity contribution in [2.75, 3.05) is 0 Å². The average molecular weight is 488 g/mol. The summed E-state index contributed by atoms with van der Waals surface area (Å²) in [5, 5.41) is 0. The van der Waals surface area contributed by atoms with Gasteiger partial charge in [-0.15, -0.1) is 0 Å². The number of rotatable bonds is 0. The van der Waals surface area contributed by atoms with E-state index in [-0.39, 0.29) is 32.7 Å². The molecule has 0 fully saturated rings. The molecule has 0 rings (SSSR count). The van der Waals surface area contributed by atoms with Crippen LogP contribution in [0.25, 0.3) is 0 Å². The molecule has 19 heteroatoms. The first-order valence-corrected chi connectivity index (χ1v) is 6.54. The Balaban J connectivity index is -0.000000108. The maximum Gasteiger partial charge on any atom is 3.00 e. The van der Waals surface area contributed by atoms with Crippen LogP contribution in [-0.2, 0) is 66.0 Å². The summed E-state index contributed by atoms with van der Waals surface area (Å²) in [6.07, 6.45) is 0. The third-order valence-electron chi connectivity index (χ3n) is 0.567. The van der Waals surface area contributed by atoms with Gasteiger partial charge in [0.05, 0.1) is 33.2 Å². The zero-order chi connectivity index (χ0) is 18.2. The van der Waals surface area contributed by atoms with E-state index >= 15 is 0 Å². The third-order valence-corrected chi connectivity index (χ3v) is 1.70. The first-order valence-electron chi connectivity index (χ1n) is 3.31. The van der Waals surface area contributed by atoms with E-state index in [4.69, 9.17) is 26.3 Å². The summed E-state index contributed by atoms with van der Waals surface area (Å²) in [6.45, 7) is 0. The predicted molar refractivity (Wildman–Crippen MR) is 44.9 cm³/mol. The van der Waals surface area contributed by atoms with Gasteiger partial charge in [-0.1, -0.05) is 0 Å². The largest absolute Gasteiger partial charge is 3.00 e. The van der Waals surface area contributed by atoms with Crippen LogP contribution in [0.15, 0.2) is 0 Å². The molecule has 0 aromatic heterocycles. The molecule has 3 unspecified atom stereocenters. The Morgan fingerprint density at radius 1 is 0.500 bits per heavy atom. The van der Waals surface area contributed by atoms with Gasteiger partial charge in [-0.05, 0) is 0 Å². The molecule has 0 saturated heterocycles. The van der Waals surface area contributed by atoms with Gasteiger partial charge >= 0.3 is 49.2 Å². The van der Waals surface area contributed by atoms with Crippen LogP contribution in [0.2, 0.25) is 0 Å². The number of hydrogen-bond acceptors (Lipinski definition) is 6. The molecule has 6 nitrogen and oxygen atoms in total. The topological polar surface area (TPSA) is 120 Å². The third kappa shape index (κ3) is 23.1. The van der Waals surface area contributed by atoms with Crippen molar-refractivity contribution in [2.24, 2.45) is 0 Å². The van der Waals surface area contributed by atoms with E-state index in [0.717, 1.165) is 0 Å². The fraction of sp³-hybridized carbons (Fsp3) is 1.00. The van der Waals surface area contributed by atoms with Crippen LogP contribution in [0.4, 0.5) is 39.5 Å². The molecule has 0 saturated carbocycles. The van der Waals surface area contributed by atoms with Crippen molar-refractivity contribution in [3.8, 4) is 0 Å². The van der Waals surface area contributed by atoms with Crippen LogP contribution < -0.4 is 0 Å². The smallest absolute Gasteiger partial charge is 0.766 e. The van der Waals surface area contributed by atoms with Crippen LogP contribution in [0.5, 0.6) is 0 Å². The van der Waals surface area contributed by atoms with Gasteiger partial charge in [0.2, 0.25) is 0 Å². The summed E-state index contributed by atoms with van der Waals surface area (Å²) >= 11 is -11.8. The summed E-state index contributed by atoms with van der Waals surface area (Å²) in [6, 6.07) is 0. The molecule has 0 amide bonds. The second-order valence-corrected chi connectivity index (χ2v) is 4.84. The quantitative estimate of drug-likeness (QED) is 0.373. The monoisotopic (exact) mass is 488 g/mol. The second-order valence-electron chi connectivity index (χ2n) is 2.04. The van der Waals surface area contributed by atoms with E-state index in [9.17, 15) is 39.5 Å². The van der Waals surface area contributed by atoms with Crippen molar-refractivity contribution >= 4 is 33.2 Å². The maximum atomic E-state index is 10.6. The predicted octanol–water partition coefficient (Wildman–Crippen LogP) is 1.15. The second kappa shape index (κ2) is 12.2. The summed E-state index contributed by atoms with van der Waals surface area (Å²) in [4.78, 5) is 0. The summed E-state index contributed by atoms with van der Waals surface area (Å²) in [5.74, 6) is 0. The Morgan fingerprint density at radius 2 is 0.545 bits per heavy atom. The van der Waals surface area contributed by atoms with Crippen LogP contribution in [0.3, 0.4) is 0 Å². The standard InChI is InChI=1S/3CHF3O2S.Y/c3*2-1(3,4)7(5)6;/h3*(H,5,6);/q;;;+3/p-3. The molecule has 0 aromatic carbocycles. The molecule has 0 aliphatic heterocycles. The van der Waals surface area contributed by atoms with E-state index in [1.165, 1.54) is 0 Å². The molecule has 132 valence electrons. The van der Waals surface area contributed by atoms with Crippen LogP contribution in [0, 0.1) is 0 Å². The molecule has 0 heterocycles. The van der Waals surface area contributed by atoms with Gasteiger partial charge in [0.15, 0.2) is 0 Å². The van der Waals surface area contributed by atoms with Gasteiger partial charge < -0.3 is 13.7 Å². The van der Waals surface area contributed by atoms with Gasteiger partial charge in [0, 0.05) is 0 Å². The zero-order valence-corrected chi connectivity index (χ0v) is 14.4. The Kier molecular flexibility index (Phi) is 17.0. The maximum absolute atomic E-state index is 10.6. The molecule has 0 aromatic rings. The minimum absolute atomic E-state index is 0. The van der Waals surface area contributed by atoms with E-state index in [1.54, 1.807) is 0 Å². The fourth-order valence-electron chi connectivity index (χ4n) is 0. The van der Waals surface area contributed by atoms with Crippen LogP contribution in [0.1, 0.15) is 0 Å². The van der Waals surface area contributed by atoms with Gasteiger partial charge in [-0.3, -0.25) is 12.6 Å². The molecular formula is C3F9O6S3Y. The molecule has 0 aliphatic carbocycles. The molecule has 22 heavy (non-hydrogen) atoms. The fourth-order valence-corrected chi connectivity index (χ4v) is 0. The number of halogens is 9. The van der Waals surface area contributed by atoms with Crippen LogP contribution >= 0.6 is 0 Å². The first-order chi connectivity index (χ1) is 8.83. The van der Waals surface area contributed by atoms with Crippen molar-refractivity contribution < 1.29 is 98.5 Å². The Bertz CT molecular complexity index is 319. The molecular weight excluding hydrogens is 488 g/mol. The minimum atomic E-state index is -5.08. The van der Waals surface area contributed by atoms with Gasteiger partial charge in [0.1, 0.15) is 0 Å². The van der Waals surface area contributed by atoms with Crippen molar-refractivity contribution in [1.29, 1.82) is 0 Å².